The molecule has 2 nitrogen and oxygen atoms in total. The molecule has 0 saturated carbocycles. The van der Waals surface area contributed by atoms with Crippen molar-refractivity contribution >= 4 is 35.1 Å². The molecule has 0 radical (unpaired) electrons. The van der Waals surface area contributed by atoms with Crippen LogP contribution in [0.2, 0.25) is 0 Å². The van der Waals surface area contributed by atoms with E-state index < -0.39 is 5.97 Å². The molecule has 0 bridgehead atoms. The van der Waals surface area contributed by atoms with Crippen molar-refractivity contribution in [1.82, 2.24) is 0 Å². The minimum absolute atomic E-state index is 0.735. The second-order valence-corrected chi connectivity index (χ2v) is 6.37. The van der Waals surface area contributed by atoms with Gasteiger partial charge in [-0.1, -0.05) is 13.8 Å². The molecule has 0 saturated heterocycles. The SMILES string of the molecule is CC(C)CCSc1ccc(/C=C/C(=O)O)s1. The lowest BCUT2D eigenvalue weighted by Crippen LogP contribution is -1.88. The molecule has 0 aliphatic carbocycles. The van der Waals surface area contributed by atoms with Gasteiger partial charge in [-0.3, -0.25) is 0 Å². The van der Waals surface area contributed by atoms with Gasteiger partial charge < -0.3 is 5.11 Å². The van der Waals surface area contributed by atoms with Crippen molar-refractivity contribution in [3.8, 4) is 0 Å². The van der Waals surface area contributed by atoms with E-state index in [1.165, 1.54) is 16.7 Å². The van der Waals surface area contributed by atoms with Crippen molar-refractivity contribution in [3.63, 3.8) is 0 Å². The van der Waals surface area contributed by atoms with Crippen LogP contribution >= 0.6 is 23.1 Å². The molecule has 0 spiro atoms. The van der Waals surface area contributed by atoms with Crippen LogP contribution in [0.25, 0.3) is 6.08 Å². The summed E-state index contributed by atoms with van der Waals surface area (Å²) in [6.07, 6.45) is 4.02. The normalized spacial score (nSPS) is 11.4. The Bertz CT molecular complexity index is 367. The van der Waals surface area contributed by atoms with E-state index in [0.29, 0.717) is 0 Å². The summed E-state index contributed by atoms with van der Waals surface area (Å²) in [4.78, 5) is 11.3. The first-order valence-electron chi connectivity index (χ1n) is 5.21. The number of carbonyl (C=O) groups is 1. The van der Waals surface area contributed by atoms with Crippen molar-refractivity contribution in [2.45, 2.75) is 24.5 Å². The zero-order valence-electron chi connectivity index (χ0n) is 9.47. The predicted molar refractivity (Wildman–Crippen MR) is 71.2 cm³/mol. The maximum atomic E-state index is 10.3. The Morgan fingerprint density at radius 1 is 1.56 bits per heavy atom. The fraction of sp³-hybridized carbons (Fsp3) is 0.417. The fourth-order valence-corrected chi connectivity index (χ4v) is 3.42. The van der Waals surface area contributed by atoms with Gasteiger partial charge in [-0.25, -0.2) is 4.79 Å². The molecule has 1 N–H and O–H groups in total. The molecule has 1 aromatic rings. The maximum absolute atomic E-state index is 10.3. The van der Waals surface area contributed by atoms with Crippen LogP contribution in [-0.4, -0.2) is 16.8 Å². The third kappa shape index (κ3) is 5.37. The molecule has 1 aromatic heterocycles. The first-order chi connectivity index (χ1) is 7.58. The van der Waals surface area contributed by atoms with Gasteiger partial charge in [-0.15, -0.1) is 23.1 Å². The molecule has 0 aliphatic heterocycles. The minimum Gasteiger partial charge on any atom is -0.478 e. The third-order valence-electron chi connectivity index (χ3n) is 1.93. The molecule has 88 valence electrons. The van der Waals surface area contributed by atoms with Crippen molar-refractivity contribution in [3.05, 3.63) is 23.1 Å². The predicted octanol–water partition coefficient (Wildman–Crippen LogP) is 3.98. The van der Waals surface area contributed by atoms with E-state index in [1.807, 2.05) is 17.8 Å². The molecule has 1 heterocycles. The second-order valence-electron chi connectivity index (χ2n) is 3.86. The van der Waals surface area contributed by atoms with Crippen molar-refractivity contribution in [2.24, 2.45) is 5.92 Å². The summed E-state index contributed by atoms with van der Waals surface area (Å²) < 4.78 is 1.26. The third-order valence-corrected chi connectivity index (χ3v) is 4.24. The molecule has 0 atom stereocenters. The number of hydrogen-bond acceptors (Lipinski definition) is 3. The van der Waals surface area contributed by atoms with Crippen LogP contribution in [0, 0.1) is 5.92 Å². The van der Waals surface area contributed by atoms with Gasteiger partial charge in [0.2, 0.25) is 0 Å². The summed E-state index contributed by atoms with van der Waals surface area (Å²) in [5.41, 5.74) is 0. The lowest BCUT2D eigenvalue weighted by molar-refractivity contribution is -0.131. The van der Waals surface area contributed by atoms with Crippen LogP contribution in [0.1, 0.15) is 25.1 Å². The molecule has 4 heteroatoms. The first-order valence-corrected chi connectivity index (χ1v) is 7.02. The van der Waals surface area contributed by atoms with Gasteiger partial charge in [0.25, 0.3) is 0 Å². The Morgan fingerprint density at radius 3 is 2.94 bits per heavy atom. The van der Waals surface area contributed by atoms with E-state index in [-0.39, 0.29) is 0 Å². The number of rotatable bonds is 6. The van der Waals surface area contributed by atoms with E-state index in [2.05, 4.69) is 19.9 Å². The molecule has 0 fully saturated rings. The number of carboxylic acids is 1. The summed E-state index contributed by atoms with van der Waals surface area (Å²) >= 11 is 3.48. The summed E-state index contributed by atoms with van der Waals surface area (Å²) in [6, 6.07) is 4.01. The van der Waals surface area contributed by atoms with Crippen LogP contribution in [-0.2, 0) is 4.79 Å². The van der Waals surface area contributed by atoms with Crippen LogP contribution in [0.5, 0.6) is 0 Å². The van der Waals surface area contributed by atoms with E-state index in [1.54, 1.807) is 17.4 Å². The summed E-state index contributed by atoms with van der Waals surface area (Å²) in [6.45, 7) is 4.44. The molecule has 1 rings (SSSR count). The largest absolute Gasteiger partial charge is 0.478 e. The standard InChI is InChI=1S/C12H16O2S2/c1-9(2)7-8-15-12-6-4-10(16-12)3-5-11(13)14/h3-6,9H,7-8H2,1-2H3,(H,13,14)/b5-3+. The van der Waals surface area contributed by atoms with Crippen LogP contribution in [0.3, 0.4) is 0 Å². The Balaban J connectivity index is 2.42. The Kier molecular flexibility index (Phi) is 5.63. The number of carboxylic acid groups (broad SMARTS) is 1. The van der Waals surface area contributed by atoms with E-state index >= 15 is 0 Å². The van der Waals surface area contributed by atoms with E-state index in [0.717, 1.165) is 16.5 Å². The molecular formula is C12H16O2S2. The van der Waals surface area contributed by atoms with Crippen molar-refractivity contribution in [2.75, 3.05) is 5.75 Å². The average Bonchev–Trinajstić information content (AvgIpc) is 2.62. The second kappa shape index (κ2) is 6.76. The van der Waals surface area contributed by atoms with Crippen LogP contribution in [0.15, 0.2) is 22.4 Å². The van der Waals surface area contributed by atoms with Crippen molar-refractivity contribution < 1.29 is 9.90 Å². The maximum Gasteiger partial charge on any atom is 0.328 e. The monoisotopic (exact) mass is 256 g/mol. The molecule has 0 unspecified atom stereocenters. The zero-order valence-corrected chi connectivity index (χ0v) is 11.1. The van der Waals surface area contributed by atoms with Crippen LogP contribution < -0.4 is 0 Å². The summed E-state index contributed by atoms with van der Waals surface area (Å²) in [5.74, 6) is 0.960. The molecule has 0 aromatic carbocycles. The van der Waals surface area contributed by atoms with Gasteiger partial charge in [0.15, 0.2) is 0 Å². The van der Waals surface area contributed by atoms with Gasteiger partial charge in [-0.05, 0) is 36.3 Å². The highest BCUT2D eigenvalue weighted by Crippen LogP contribution is 2.29. The van der Waals surface area contributed by atoms with E-state index in [9.17, 15) is 4.79 Å². The van der Waals surface area contributed by atoms with Crippen molar-refractivity contribution in [1.29, 1.82) is 0 Å². The highest BCUT2D eigenvalue weighted by molar-refractivity contribution is 8.01. The summed E-state index contributed by atoms with van der Waals surface area (Å²) in [7, 11) is 0. The zero-order chi connectivity index (χ0) is 12.0. The lowest BCUT2D eigenvalue weighted by Gasteiger charge is -2.01. The topological polar surface area (TPSA) is 37.3 Å². The van der Waals surface area contributed by atoms with Gasteiger partial charge in [0.1, 0.15) is 0 Å². The van der Waals surface area contributed by atoms with E-state index in [4.69, 9.17) is 5.11 Å². The highest BCUT2D eigenvalue weighted by atomic mass is 32.2. The molecular weight excluding hydrogens is 240 g/mol. The van der Waals surface area contributed by atoms with Gasteiger partial charge in [0.05, 0.1) is 4.21 Å². The Morgan fingerprint density at radius 2 is 2.31 bits per heavy atom. The van der Waals surface area contributed by atoms with Gasteiger partial charge in [-0.2, -0.15) is 0 Å². The Hall–Kier alpha value is -0.740. The number of aliphatic carboxylic acids is 1. The minimum atomic E-state index is -0.901. The molecule has 0 aliphatic rings. The molecule has 16 heavy (non-hydrogen) atoms. The smallest absolute Gasteiger partial charge is 0.328 e. The fourth-order valence-electron chi connectivity index (χ4n) is 1.05. The number of hydrogen-bond donors (Lipinski definition) is 1. The van der Waals surface area contributed by atoms with Crippen LogP contribution in [0.4, 0.5) is 0 Å². The highest BCUT2D eigenvalue weighted by Gasteiger charge is 2.00. The number of thioether (sulfide) groups is 1. The van der Waals surface area contributed by atoms with Gasteiger partial charge in [0, 0.05) is 11.0 Å². The molecule has 0 amide bonds. The first kappa shape index (κ1) is 13.3. The van der Waals surface area contributed by atoms with Gasteiger partial charge >= 0.3 is 5.97 Å². The summed E-state index contributed by atoms with van der Waals surface area (Å²) in [5, 5.41) is 8.50. The average molecular weight is 256 g/mol. The number of thiophene rings is 1. The Labute approximate surface area is 104 Å². The lowest BCUT2D eigenvalue weighted by atomic mass is 10.2. The quantitative estimate of drug-likeness (QED) is 0.618.